The van der Waals surface area contributed by atoms with Gasteiger partial charge >= 0.3 is 0 Å². The standard InChI is InChI=1S/C9H19NO3S/c1-7(2)8(3,10)9(11)4-5-14(12,13)6-9/h7,11H,4-6,10H2,1-3H3. The van der Waals surface area contributed by atoms with Crippen LogP contribution < -0.4 is 5.73 Å². The average Bonchev–Trinajstić information content (AvgIpc) is 2.26. The van der Waals surface area contributed by atoms with Gasteiger partial charge in [-0.15, -0.1) is 0 Å². The molecule has 1 rings (SSSR count). The quantitative estimate of drug-likeness (QED) is 0.683. The van der Waals surface area contributed by atoms with Crippen molar-refractivity contribution in [1.29, 1.82) is 0 Å². The van der Waals surface area contributed by atoms with Crippen LogP contribution in [0.4, 0.5) is 0 Å². The number of sulfone groups is 1. The topological polar surface area (TPSA) is 80.4 Å². The van der Waals surface area contributed by atoms with Gasteiger partial charge in [0.15, 0.2) is 9.84 Å². The molecule has 2 unspecified atom stereocenters. The highest BCUT2D eigenvalue weighted by Crippen LogP contribution is 2.36. The van der Waals surface area contributed by atoms with Crippen molar-refractivity contribution in [3.8, 4) is 0 Å². The van der Waals surface area contributed by atoms with Crippen LogP contribution in [0.25, 0.3) is 0 Å². The van der Waals surface area contributed by atoms with E-state index >= 15 is 0 Å². The van der Waals surface area contributed by atoms with E-state index < -0.39 is 21.0 Å². The van der Waals surface area contributed by atoms with Gasteiger partial charge in [-0.05, 0) is 19.3 Å². The van der Waals surface area contributed by atoms with E-state index in [1.165, 1.54) is 0 Å². The maximum absolute atomic E-state index is 11.3. The third kappa shape index (κ3) is 1.81. The molecule has 1 heterocycles. The van der Waals surface area contributed by atoms with Crippen LogP contribution in [0.5, 0.6) is 0 Å². The maximum Gasteiger partial charge on any atom is 0.153 e. The molecule has 0 aromatic carbocycles. The predicted octanol–water partition coefficient (Wildman–Crippen LogP) is -0.0906. The smallest absolute Gasteiger partial charge is 0.153 e. The summed E-state index contributed by atoms with van der Waals surface area (Å²) in [5.74, 6) is -0.116. The lowest BCUT2D eigenvalue weighted by Gasteiger charge is -2.42. The third-order valence-electron chi connectivity index (χ3n) is 3.49. The van der Waals surface area contributed by atoms with Crippen LogP contribution in [0.1, 0.15) is 27.2 Å². The number of aliphatic hydroxyl groups is 1. The van der Waals surface area contributed by atoms with Crippen molar-refractivity contribution in [2.24, 2.45) is 11.7 Å². The minimum atomic E-state index is -3.10. The summed E-state index contributed by atoms with van der Waals surface area (Å²) in [5.41, 5.74) is 3.89. The zero-order valence-electron chi connectivity index (χ0n) is 8.95. The van der Waals surface area contributed by atoms with Gasteiger partial charge in [-0.2, -0.15) is 0 Å². The van der Waals surface area contributed by atoms with Gasteiger partial charge in [-0.1, -0.05) is 13.8 Å². The SMILES string of the molecule is CC(C)C(C)(N)C1(O)CCS(=O)(=O)C1. The summed E-state index contributed by atoms with van der Waals surface area (Å²) in [6.45, 7) is 5.50. The molecule has 1 fully saturated rings. The maximum atomic E-state index is 11.3. The van der Waals surface area contributed by atoms with Crippen molar-refractivity contribution in [2.45, 2.75) is 38.3 Å². The molecule has 1 aliphatic rings. The van der Waals surface area contributed by atoms with Gasteiger partial charge in [0.1, 0.15) is 0 Å². The van der Waals surface area contributed by atoms with E-state index in [1.54, 1.807) is 6.92 Å². The highest BCUT2D eigenvalue weighted by atomic mass is 32.2. The van der Waals surface area contributed by atoms with Crippen molar-refractivity contribution in [1.82, 2.24) is 0 Å². The zero-order valence-corrected chi connectivity index (χ0v) is 9.76. The third-order valence-corrected chi connectivity index (χ3v) is 5.23. The van der Waals surface area contributed by atoms with E-state index in [2.05, 4.69) is 0 Å². The second-order valence-corrected chi connectivity index (χ2v) is 7.00. The van der Waals surface area contributed by atoms with Crippen LogP contribution in [0.3, 0.4) is 0 Å². The molecule has 5 heteroatoms. The average molecular weight is 221 g/mol. The Hall–Kier alpha value is -0.130. The fourth-order valence-corrected chi connectivity index (χ4v) is 3.77. The van der Waals surface area contributed by atoms with Crippen LogP contribution in [0.2, 0.25) is 0 Å². The predicted molar refractivity (Wildman–Crippen MR) is 55.7 cm³/mol. The van der Waals surface area contributed by atoms with Crippen molar-refractivity contribution in [2.75, 3.05) is 11.5 Å². The molecular weight excluding hydrogens is 202 g/mol. The van der Waals surface area contributed by atoms with E-state index in [4.69, 9.17) is 5.73 Å². The normalized spacial score (nSPS) is 35.9. The van der Waals surface area contributed by atoms with Crippen LogP contribution in [-0.4, -0.2) is 36.2 Å². The summed E-state index contributed by atoms with van der Waals surface area (Å²) in [5, 5.41) is 10.2. The van der Waals surface area contributed by atoms with E-state index in [9.17, 15) is 13.5 Å². The Labute approximate surface area is 85.4 Å². The molecule has 3 N–H and O–H groups in total. The first kappa shape index (κ1) is 11.9. The first-order chi connectivity index (χ1) is 6.11. The Morgan fingerprint density at radius 1 is 1.50 bits per heavy atom. The van der Waals surface area contributed by atoms with Gasteiger partial charge in [-0.25, -0.2) is 8.42 Å². The Kier molecular flexibility index (Phi) is 2.71. The van der Waals surface area contributed by atoms with Crippen molar-refractivity contribution < 1.29 is 13.5 Å². The monoisotopic (exact) mass is 221 g/mol. The summed E-state index contributed by atoms with van der Waals surface area (Å²) in [4.78, 5) is 0. The number of hydrogen-bond acceptors (Lipinski definition) is 4. The van der Waals surface area contributed by atoms with Gasteiger partial charge in [-0.3, -0.25) is 0 Å². The molecule has 0 aromatic heterocycles. The summed E-state index contributed by atoms with van der Waals surface area (Å²) < 4.78 is 22.6. The Morgan fingerprint density at radius 2 is 2.00 bits per heavy atom. The zero-order chi connectivity index (χ0) is 11.2. The summed E-state index contributed by atoms with van der Waals surface area (Å²) in [6, 6.07) is 0. The highest BCUT2D eigenvalue weighted by Gasteiger charge is 2.52. The van der Waals surface area contributed by atoms with E-state index in [0.29, 0.717) is 0 Å². The molecule has 0 radical (unpaired) electrons. The summed E-state index contributed by atoms with van der Waals surface area (Å²) in [7, 11) is -3.10. The lowest BCUT2D eigenvalue weighted by molar-refractivity contribution is -0.0254. The summed E-state index contributed by atoms with van der Waals surface area (Å²) >= 11 is 0. The molecule has 84 valence electrons. The van der Waals surface area contributed by atoms with Gasteiger partial charge in [0.25, 0.3) is 0 Å². The molecule has 0 aliphatic carbocycles. The second-order valence-electron chi connectivity index (χ2n) is 4.81. The molecule has 1 saturated heterocycles. The lowest BCUT2D eigenvalue weighted by atomic mass is 9.74. The minimum absolute atomic E-state index is 0.0424. The molecule has 0 saturated carbocycles. The van der Waals surface area contributed by atoms with Crippen LogP contribution in [-0.2, 0) is 9.84 Å². The molecule has 2 atom stereocenters. The number of nitrogens with two attached hydrogens (primary N) is 1. The molecular formula is C9H19NO3S. The van der Waals surface area contributed by atoms with Gasteiger partial charge in [0.2, 0.25) is 0 Å². The van der Waals surface area contributed by atoms with E-state index in [-0.39, 0.29) is 23.8 Å². The van der Waals surface area contributed by atoms with Crippen LogP contribution in [0.15, 0.2) is 0 Å². The molecule has 0 bridgehead atoms. The molecule has 1 aliphatic heterocycles. The van der Waals surface area contributed by atoms with Crippen molar-refractivity contribution in [3.05, 3.63) is 0 Å². The molecule has 0 aromatic rings. The Bertz CT molecular complexity index is 321. The van der Waals surface area contributed by atoms with Crippen LogP contribution in [0, 0.1) is 5.92 Å². The van der Waals surface area contributed by atoms with E-state index in [1.807, 2.05) is 13.8 Å². The first-order valence-electron chi connectivity index (χ1n) is 4.82. The molecule has 0 amide bonds. The number of rotatable bonds is 2. The Balaban J connectivity index is 2.99. The van der Waals surface area contributed by atoms with Crippen LogP contribution >= 0.6 is 0 Å². The van der Waals surface area contributed by atoms with Gasteiger partial charge < -0.3 is 10.8 Å². The second kappa shape index (κ2) is 3.18. The largest absolute Gasteiger partial charge is 0.387 e. The van der Waals surface area contributed by atoms with Gasteiger partial charge in [0, 0.05) is 5.54 Å². The first-order valence-corrected chi connectivity index (χ1v) is 6.64. The number of hydrogen-bond donors (Lipinski definition) is 2. The fourth-order valence-electron chi connectivity index (χ4n) is 1.79. The molecule has 0 spiro atoms. The minimum Gasteiger partial charge on any atom is -0.387 e. The van der Waals surface area contributed by atoms with Gasteiger partial charge in [0.05, 0.1) is 17.1 Å². The fraction of sp³-hybridized carbons (Fsp3) is 1.00. The van der Waals surface area contributed by atoms with E-state index in [0.717, 1.165) is 0 Å². The van der Waals surface area contributed by atoms with Crippen molar-refractivity contribution >= 4 is 9.84 Å². The van der Waals surface area contributed by atoms with Crippen molar-refractivity contribution in [3.63, 3.8) is 0 Å². The summed E-state index contributed by atoms with van der Waals surface area (Å²) in [6.07, 6.45) is 0.251. The lowest BCUT2D eigenvalue weighted by Crippen LogP contribution is -2.62. The molecule has 14 heavy (non-hydrogen) atoms. The Morgan fingerprint density at radius 3 is 2.29 bits per heavy atom. The molecule has 4 nitrogen and oxygen atoms in total. The highest BCUT2D eigenvalue weighted by molar-refractivity contribution is 7.91.